The number of nitrogens with zero attached hydrogens (tertiary/aromatic N) is 4. The van der Waals surface area contributed by atoms with E-state index in [1.54, 1.807) is 20.3 Å². The number of carbonyl (C=O) groups is 1. The zero-order chi connectivity index (χ0) is 29.5. The van der Waals surface area contributed by atoms with E-state index in [9.17, 15) is 15.3 Å². The molecule has 0 atom stereocenters. The summed E-state index contributed by atoms with van der Waals surface area (Å²) in [6.07, 6.45) is 0.154. The lowest BCUT2D eigenvalue weighted by molar-refractivity contribution is -0.115. The topological polar surface area (TPSA) is 147 Å². The van der Waals surface area contributed by atoms with E-state index in [0.29, 0.717) is 50.1 Å². The summed E-state index contributed by atoms with van der Waals surface area (Å²) in [4.78, 5) is 21.5. The van der Waals surface area contributed by atoms with E-state index in [1.165, 1.54) is 23.1 Å². The third kappa shape index (κ3) is 6.60. The van der Waals surface area contributed by atoms with Crippen LogP contribution in [0.1, 0.15) is 42.9 Å². The number of nitriles is 2. The number of anilines is 2. The second-order valence-electron chi connectivity index (χ2n) is 9.18. The molecule has 9 nitrogen and oxygen atoms in total. The number of carbonyl (C=O) groups excluding carboxylic acids is 1. The number of ether oxygens (including phenoxy) is 2. The van der Waals surface area contributed by atoms with Crippen LogP contribution in [-0.2, 0) is 4.79 Å². The van der Waals surface area contributed by atoms with Crippen LogP contribution in [-0.4, -0.2) is 35.8 Å². The average molecular weight is 585 g/mol. The van der Waals surface area contributed by atoms with Gasteiger partial charge in [0.15, 0.2) is 16.6 Å². The van der Waals surface area contributed by atoms with Crippen LogP contribution in [0.3, 0.4) is 0 Å². The van der Waals surface area contributed by atoms with E-state index >= 15 is 0 Å². The molecule has 41 heavy (non-hydrogen) atoms. The third-order valence-corrected chi connectivity index (χ3v) is 8.01. The van der Waals surface area contributed by atoms with Crippen LogP contribution in [0.5, 0.6) is 11.5 Å². The van der Waals surface area contributed by atoms with Gasteiger partial charge in [0.2, 0.25) is 5.91 Å². The molecule has 208 valence electrons. The van der Waals surface area contributed by atoms with E-state index in [4.69, 9.17) is 15.2 Å². The Kier molecular flexibility index (Phi) is 9.45. The third-order valence-electron chi connectivity index (χ3n) is 6.28. The van der Waals surface area contributed by atoms with Crippen LogP contribution in [0.4, 0.5) is 10.9 Å². The van der Waals surface area contributed by atoms with E-state index in [0.717, 1.165) is 11.1 Å². The maximum absolute atomic E-state index is 12.7. The summed E-state index contributed by atoms with van der Waals surface area (Å²) < 4.78 is 10.6. The summed E-state index contributed by atoms with van der Waals surface area (Å²) in [7, 11) is 3.14. The lowest BCUT2D eigenvalue weighted by atomic mass is 9.94. The van der Waals surface area contributed by atoms with Crippen molar-refractivity contribution < 1.29 is 14.3 Å². The molecule has 2 heterocycles. The number of nitrogens with one attached hydrogen (secondary N) is 1. The van der Waals surface area contributed by atoms with Crippen molar-refractivity contribution in [2.75, 3.05) is 31.0 Å². The summed E-state index contributed by atoms with van der Waals surface area (Å²) in [6, 6.07) is 17.5. The minimum Gasteiger partial charge on any atom is -0.493 e. The van der Waals surface area contributed by atoms with E-state index in [2.05, 4.69) is 41.3 Å². The van der Waals surface area contributed by atoms with Gasteiger partial charge in [0.1, 0.15) is 28.5 Å². The van der Waals surface area contributed by atoms with Gasteiger partial charge in [-0.3, -0.25) is 4.79 Å². The molecule has 0 aliphatic rings. The molecule has 0 saturated carbocycles. The Morgan fingerprint density at radius 3 is 2.34 bits per heavy atom. The van der Waals surface area contributed by atoms with Gasteiger partial charge >= 0.3 is 0 Å². The Bertz CT molecular complexity index is 1650. The van der Waals surface area contributed by atoms with E-state index in [1.807, 2.05) is 41.8 Å². The summed E-state index contributed by atoms with van der Waals surface area (Å²) in [5.74, 6) is 1.72. The van der Waals surface area contributed by atoms with Gasteiger partial charge in [-0.2, -0.15) is 10.5 Å². The van der Waals surface area contributed by atoms with Crippen LogP contribution >= 0.6 is 23.1 Å². The minimum atomic E-state index is -0.227. The van der Waals surface area contributed by atoms with Crippen molar-refractivity contribution in [3.05, 3.63) is 64.5 Å². The number of nitrogen functional groups attached to an aromatic ring is 1. The number of aromatic nitrogens is 2. The maximum Gasteiger partial charge on any atom is 0.226 e. The molecule has 3 N–H and O–H groups in total. The molecule has 2 aromatic carbocycles. The Labute approximate surface area is 247 Å². The second kappa shape index (κ2) is 13.2. The van der Waals surface area contributed by atoms with Crippen molar-refractivity contribution in [2.45, 2.75) is 31.2 Å². The molecule has 0 saturated heterocycles. The smallest absolute Gasteiger partial charge is 0.226 e. The highest BCUT2D eigenvalue weighted by Gasteiger charge is 2.21. The van der Waals surface area contributed by atoms with Crippen molar-refractivity contribution in [2.24, 2.45) is 0 Å². The molecule has 11 heteroatoms. The monoisotopic (exact) mass is 584 g/mol. The highest BCUT2D eigenvalue weighted by molar-refractivity contribution is 7.99. The van der Waals surface area contributed by atoms with Gasteiger partial charge in [-0.1, -0.05) is 38.1 Å². The van der Waals surface area contributed by atoms with Crippen molar-refractivity contribution in [3.8, 4) is 46.0 Å². The Balaban J connectivity index is 1.46. The number of thioether (sulfide) groups is 1. The summed E-state index contributed by atoms with van der Waals surface area (Å²) in [6.45, 7) is 4.19. The highest BCUT2D eigenvalue weighted by Crippen LogP contribution is 2.37. The predicted molar refractivity (Wildman–Crippen MR) is 162 cm³/mol. The van der Waals surface area contributed by atoms with Gasteiger partial charge in [0, 0.05) is 28.7 Å². The van der Waals surface area contributed by atoms with Crippen molar-refractivity contribution in [1.82, 2.24) is 9.97 Å². The standard InChI is InChI=1S/C30H28N6O3S2/c1-17(2)18-5-7-19(8-6-18)27-21(14-31)28(33)36-29(22(27)15-32)40-12-11-26(37)35-30-34-23(16-41-30)20-9-10-24(38-3)25(13-20)39-4/h5-10,13,16-17H,11-12H2,1-4H3,(H2,33,36)(H,34,35,37). The Morgan fingerprint density at radius 2 is 1.71 bits per heavy atom. The van der Waals surface area contributed by atoms with Crippen LogP contribution < -0.4 is 20.5 Å². The Morgan fingerprint density at radius 1 is 1.02 bits per heavy atom. The van der Waals surface area contributed by atoms with E-state index in [-0.39, 0.29) is 29.3 Å². The van der Waals surface area contributed by atoms with Crippen LogP contribution in [0.2, 0.25) is 0 Å². The molecule has 0 unspecified atom stereocenters. The molecule has 0 spiro atoms. The lowest BCUT2D eigenvalue weighted by Gasteiger charge is -2.14. The SMILES string of the molecule is COc1ccc(-c2csc(NC(=O)CCSc3nc(N)c(C#N)c(-c4ccc(C(C)C)cc4)c3C#N)n2)cc1OC. The molecular weight excluding hydrogens is 557 g/mol. The summed E-state index contributed by atoms with van der Waals surface area (Å²) in [5.41, 5.74) is 10.4. The van der Waals surface area contributed by atoms with Gasteiger partial charge in [-0.05, 0) is 35.2 Å². The summed E-state index contributed by atoms with van der Waals surface area (Å²) >= 11 is 2.56. The number of rotatable bonds is 10. The number of amides is 1. The number of nitrogens with two attached hydrogens (primary N) is 1. The van der Waals surface area contributed by atoms with Crippen molar-refractivity contribution >= 4 is 40.0 Å². The lowest BCUT2D eigenvalue weighted by Crippen LogP contribution is -2.12. The molecular formula is C30H28N6O3S2. The molecule has 1 amide bonds. The van der Waals surface area contributed by atoms with Gasteiger partial charge < -0.3 is 20.5 Å². The fraction of sp³-hybridized carbons (Fsp3) is 0.233. The largest absolute Gasteiger partial charge is 0.493 e. The first-order valence-corrected chi connectivity index (χ1v) is 14.5. The predicted octanol–water partition coefficient (Wildman–Crippen LogP) is 6.46. The first-order chi connectivity index (χ1) is 19.8. The average Bonchev–Trinajstić information content (AvgIpc) is 3.44. The van der Waals surface area contributed by atoms with E-state index < -0.39 is 0 Å². The quantitative estimate of drug-likeness (QED) is 0.200. The number of hydrogen-bond acceptors (Lipinski definition) is 10. The molecule has 4 rings (SSSR count). The zero-order valence-corrected chi connectivity index (χ0v) is 24.7. The van der Waals surface area contributed by atoms with Crippen LogP contribution in [0.15, 0.2) is 52.9 Å². The maximum atomic E-state index is 12.7. The zero-order valence-electron chi connectivity index (χ0n) is 23.0. The van der Waals surface area contributed by atoms with Crippen molar-refractivity contribution in [3.63, 3.8) is 0 Å². The number of pyridine rings is 1. The molecule has 4 aromatic rings. The molecule has 0 fully saturated rings. The number of benzene rings is 2. The minimum absolute atomic E-state index is 0.0480. The fourth-order valence-electron chi connectivity index (χ4n) is 4.11. The summed E-state index contributed by atoms with van der Waals surface area (Å²) in [5, 5.41) is 25.3. The fourth-order valence-corrected chi connectivity index (χ4v) is 5.78. The number of methoxy groups -OCH3 is 2. The Hall–Kier alpha value is -4.58. The van der Waals surface area contributed by atoms with Gasteiger partial charge in [0.25, 0.3) is 0 Å². The molecule has 2 aromatic heterocycles. The first kappa shape index (κ1) is 29.4. The van der Waals surface area contributed by atoms with Crippen LogP contribution in [0, 0.1) is 22.7 Å². The second-order valence-corrected chi connectivity index (χ2v) is 11.1. The molecule has 0 aliphatic heterocycles. The highest BCUT2D eigenvalue weighted by atomic mass is 32.2. The van der Waals surface area contributed by atoms with Gasteiger partial charge in [-0.25, -0.2) is 9.97 Å². The number of hydrogen-bond donors (Lipinski definition) is 2. The molecule has 0 radical (unpaired) electrons. The van der Waals surface area contributed by atoms with Gasteiger partial charge in [-0.15, -0.1) is 23.1 Å². The first-order valence-electron chi connectivity index (χ1n) is 12.6. The molecule has 0 aliphatic carbocycles. The molecule has 0 bridgehead atoms. The van der Waals surface area contributed by atoms with Crippen LogP contribution in [0.25, 0.3) is 22.4 Å². The normalized spacial score (nSPS) is 10.6. The van der Waals surface area contributed by atoms with Crippen molar-refractivity contribution in [1.29, 1.82) is 10.5 Å². The number of thiazole rings is 1. The van der Waals surface area contributed by atoms with Gasteiger partial charge in [0.05, 0.1) is 25.5 Å².